The Morgan fingerprint density at radius 2 is 1.81 bits per heavy atom. The van der Waals surface area contributed by atoms with Crippen LogP contribution in [-0.2, 0) is 0 Å². The summed E-state index contributed by atoms with van der Waals surface area (Å²) in [5.74, 6) is 0.680. The zero-order chi connectivity index (χ0) is 18.4. The lowest BCUT2D eigenvalue weighted by atomic mass is 10.0. The van der Waals surface area contributed by atoms with Crippen molar-refractivity contribution in [3.05, 3.63) is 66.0 Å². The Morgan fingerprint density at radius 1 is 1.15 bits per heavy atom. The molecule has 0 unspecified atom stereocenters. The van der Waals surface area contributed by atoms with Gasteiger partial charge < -0.3 is 15.0 Å². The van der Waals surface area contributed by atoms with Crippen molar-refractivity contribution in [2.45, 2.75) is 31.8 Å². The lowest BCUT2D eigenvalue weighted by Crippen LogP contribution is -2.47. The van der Waals surface area contributed by atoms with Gasteiger partial charge in [0.25, 0.3) is 0 Å². The number of likely N-dealkylation sites (tertiary alicyclic amines) is 1. The Hall–Kier alpha value is -2.56. The molecule has 2 amide bonds. The van der Waals surface area contributed by atoms with Crippen molar-refractivity contribution in [1.29, 1.82) is 0 Å². The SMILES string of the molecule is C[C@H](CNC(=O)N1CCC(Oc2ccc(F)cc2)CC1)c1ccccc1. The summed E-state index contributed by atoms with van der Waals surface area (Å²) in [4.78, 5) is 14.2. The summed E-state index contributed by atoms with van der Waals surface area (Å²) >= 11 is 0. The van der Waals surface area contributed by atoms with Crippen LogP contribution in [0.1, 0.15) is 31.2 Å². The second-order valence-electron chi connectivity index (χ2n) is 6.76. The lowest BCUT2D eigenvalue weighted by molar-refractivity contribution is 0.111. The maximum absolute atomic E-state index is 12.9. The molecule has 1 aliphatic rings. The van der Waals surface area contributed by atoms with E-state index in [9.17, 15) is 9.18 Å². The van der Waals surface area contributed by atoms with Gasteiger partial charge in [0, 0.05) is 32.5 Å². The third kappa shape index (κ3) is 4.97. The van der Waals surface area contributed by atoms with Gasteiger partial charge in [0.05, 0.1) is 0 Å². The highest BCUT2D eigenvalue weighted by Gasteiger charge is 2.24. The van der Waals surface area contributed by atoms with Gasteiger partial charge in [0.2, 0.25) is 0 Å². The third-order valence-corrected chi connectivity index (χ3v) is 4.77. The van der Waals surface area contributed by atoms with Crippen molar-refractivity contribution >= 4 is 6.03 Å². The molecule has 0 aliphatic carbocycles. The number of rotatable bonds is 5. The average molecular weight is 356 g/mol. The maximum Gasteiger partial charge on any atom is 0.317 e. The smallest absolute Gasteiger partial charge is 0.317 e. The molecular weight excluding hydrogens is 331 g/mol. The first kappa shape index (κ1) is 18.2. The largest absolute Gasteiger partial charge is 0.490 e. The second kappa shape index (κ2) is 8.70. The summed E-state index contributed by atoms with van der Waals surface area (Å²) in [5.41, 5.74) is 1.22. The van der Waals surface area contributed by atoms with E-state index in [-0.39, 0.29) is 23.9 Å². The van der Waals surface area contributed by atoms with E-state index in [1.807, 2.05) is 23.1 Å². The van der Waals surface area contributed by atoms with Gasteiger partial charge in [-0.3, -0.25) is 0 Å². The topological polar surface area (TPSA) is 41.6 Å². The van der Waals surface area contributed by atoms with Crippen molar-refractivity contribution < 1.29 is 13.9 Å². The van der Waals surface area contributed by atoms with E-state index >= 15 is 0 Å². The summed E-state index contributed by atoms with van der Waals surface area (Å²) in [7, 11) is 0. The molecule has 1 heterocycles. The fourth-order valence-corrected chi connectivity index (χ4v) is 3.13. The van der Waals surface area contributed by atoms with Gasteiger partial charge in [0.15, 0.2) is 0 Å². The number of amides is 2. The molecule has 5 heteroatoms. The van der Waals surface area contributed by atoms with Gasteiger partial charge in [-0.15, -0.1) is 0 Å². The molecule has 138 valence electrons. The van der Waals surface area contributed by atoms with Crippen LogP contribution in [-0.4, -0.2) is 36.7 Å². The van der Waals surface area contributed by atoms with Gasteiger partial charge >= 0.3 is 6.03 Å². The van der Waals surface area contributed by atoms with Crippen molar-refractivity contribution in [3.63, 3.8) is 0 Å². The van der Waals surface area contributed by atoms with E-state index < -0.39 is 0 Å². The van der Waals surface area contributed by atoms with Crippen LogP contribution in [0.5, 0.6) is 5.75 Å². The molecule has 2 aromatic carbocycles. The number of carbonyl (C=O) groups excluding carboxylic acids is 1. The number of benzene rings is 2. The highest BCUT2D eigenvalue weighted by Crippen LogP contribution is 2.20. The Balaban J connectivity index is 1.41. The van der Waals surface area contributed by atoms with Gasteiger partial charge in [-0.2, -0.15) is 0 Å². The summed E-state index contributed by atoms with van der Waals surface area (Å²) < 4.78 is 18.8. The van der Waals surface area contributed by atoms with Crippen LogP contribution < -0.4 is 10.1 Å². The number of hydrogen-bond donors (Lipinski definition) is 1. The summed E-state index contributed by atoms with van der Waals surface area (Å²) in [5, 5.41) is 3.03. The first-order chi connectivity index (χ1) is 12.6. The molecule has 0 saturated carbocycles. The van der Waals surface area contributed by atoms with E-state index in [1.54, 1.807) is 12.1 Å². The first-order valence-electron chi connectivity index (χ1n) is 9.12. The summed E-state index contributed by atoms with van der Waals surface area (Å²) in [6.45, 7) is 4.06. The summed E-state index contributed by atoms with van der Waals surface area (Å²) in [6.07, 6.45) is 1.62. The van der Waals surface area contributed by atoms with Gasteiger partial charge in [-0.25, -0.2) is 9.18 Å². The highest BCUT2D eigenvalue weighted by molar-refractivity contribution is 5.74. The molecule has 0 bridgehead atoms. The monoisotopic (exact) mass is 356 g/mol. The Bertz CT molecular complexity index is 698. The molecule has 3 rings (SSSR count). The minimum Gasteiger partial charge on any atom is -0.490 e. The predicted octanol–water partition coefficient (Wildman–Crippen LogP) is 4.18. The molecule has 1 aliphatic heterocycles. The number of hydrogen-bond acceptors (Lipinski definition) is 2. The molecule has 1 N–H and O–H groups in total. The van der Waals surface area contributed by atoms with Gasteiger partial charge in [-0.05, 0) is 35.7 Å². The molecular formula is C21H25FN2O2. The number of carbonyl (C=O) groups is 1. The molecule has 0 spiro atoms. The molecule has 0 radical (unpaired) electrons. The van der Waals surface area contributed by atoms with Crippen molar-refractivity contribution in [3.8, 4) is 5.75 Å². The lowest BCUT2D eigenvalue weighted by Gasteiger charge is -2.32. The molecule has 2 aromatic rings. The zero-order valence-electron chi connectivity index (χ0n) is 15.0. The van der Waals surface area contributed by atoms with Crippen molar-refractivity contribution in [1.82, 2.24) is 10.2 Å². The molecule has 1 saturated heterocycles. The Morgan fingerprint density at radius 3 is 2.46 bits per heavy atom. The van der Waals surface area contributed by atoms with Gasteiger partial charge in [-0.1, -0.05) is 37.3 Å². The zero-order valence-corrected chi connectivity index (χ0v) is 15.0. The predicted molar refractivity (Wildman–Crippen MR) is 99.9 cm³/mol. The molecule has 0 aromatic heterocycles. The minimum absolute atomic E-state index is 0.0204. The number of piperidine rings is 1. The van der Waals surface area contributed by atoms with E-state index in [0.29, 0.717) is 25.4 Å². The van der Waals surface area contributed by atoms with E-state index in [1.165, 1.54) is 17.7 Å². The maximum atomic E-state index is 12.9. The van der Waals surface area contributed by atoms with Crippen LogP contribution in [0.15, 0.2) is 54.6 Å². The van der Waals surface area contributed by atoms with Crippen molar-refractivity contribution in [2.75, 3.05) is 19.6 Å². The van der Waals surface area contributed by atoms with Gasteiger partial charge in [0.1, 0.15) is 17.7 Å². The van der Waals surface area contributed by atoms with E-state index in [4.69, 9.17) is 4.74 Å². The van der Waals surface area contributed by atoms with Crippen LogP contribution >= 0.6 is 0 Å². The quantitative estimate of drug-likeness (QED) is 0.873. The fraction of sp³-hybridized carbons (Fsp3) is 0.381. The number of nitrogens with zero attached hydrogens (tertiary/aromatic N) is 1. The summed E-state index contributed by atoms with van der Waals surface area (Å²) in [6, 6.07) is 16.2. The minimum atomic E-state index is -0.270. The Kier molecular flexibility index (Phi) is 6.10. The average Bonchev–Trinajstić information content (AvgIpc) is 2.69. The number of halogens is 1. The number of urea groups is 1. The van der Waals surface area contributed by atoms with Crippen LogP contribution in [0.3, 0.4) is 0 Å². The number of nitrogens with one attached hydrogen (secondary N) is 1. The normalized spacial score (nSPS) is 16.2. The van der Waals surface area contributed by atoms with Crippen LogP contribution in [0.25, 0.3) is 0 Å². The highest BCUT2D eigenvalue weighted by atomic mass is 19.1. The Labute approximate surface area is 154 Å². The van der Waals surface area contributed by atoms with E-state index in [0.717, 1.165) is 12.8 Å². The molecule has 26 heavy (non-hydrogen) atoms. The molecule has 1 atom stereocenters. The van der Waals surface area contributed by atoms with Crippen molar-refractivity contribution in [2.24, 2.45) is 0 Å². The molecule has 1 fully saturated rings. The fourth-order valence-electron chi connectivity index (χ4n) is 3.13. The molecule has 4 nitrogen and oxygen atoms in total. The van der Waals surface area contributed by atoms with Crippen LogP contribution in [0, 0.1) is 5.82 Å². The standard InChI is InChI=1S/C21H25FN2O2/c1-16(17-5-3-2-4-6-17)15-23-21(25)24-13-11-20(12-14-24)26-19-9-7-18(22)8-10-19/h2-10,16,20H,11-15H2,1H3,(H,23,25)/t16-/m1/s1. The van der Waals surface area contributed by atoms with Crippen LogP contribution in [0.4, 0.5) is 9.18 Å². The van der Waals surface area contributed by atoms with Crippen LogP contribution in [0.2, 0.25) is 0 Å². The number of ether oxygens (including phenoxy) is 1. The third-order valence-electron chi connectivity index (χ3n) is 4.77. The van der Waals surface area contributed by atoms with E-state index in [2.05, 4.69) is 24.4 Å². The second-order valence-corrected chi connectivity index (χ2v) is 6.76. The first-order valence-corrected chi connectivity index (χ1v) is 9.12.